The summed E-state index contributed by atoms with van der Waals surface area (Å²) in [5.74, 6) is 0. The van der Waals surface area contributed by atoms with Crippen molar-refractivity contribution in [1.29, 1.82) is 0 Å². The van der Waals surface area contributed by atoms with Crippen molar-refractivity contribution in [2.75, 3.05) is 38.9 Å². The van der Waals surface area contributed by atoms with Crippen LogP contribution >= 0.6 is 10.7 Å². The first-order valence-electron chi connectivity index (χ1n) is 6.09. The van der Waals surface area contributed by atoms with Crippen LogP contribution in [0.3, 0.4) is 0 Å². The first-order chi connectivity index (χ1) is 9.47. The van der Waals surface area contributed by atoms with E-state index in [4.69, 9.17) is 14.6 Å². The Labute approximate surface area is 129 Å². The quantitative estimate of drug-likeness (QED) is 0.521. The molecule has 2 heterocycles. The monoisotopic (exact) mass is 368 g/mol. The maximum absolute atomic E-state index is 10.5. The molecule has 0 bridgehead atoms. The molecule has 1 N–H and O–H groups in total. The highest BCUT2D eigenvalue weighted by Crippen LogP contribution is 2.09. The molecule has 21 heavy (non-hydrogen) atoms. The van der Waals surface area contributed by atoms with E-state index in [1.165, 1.54) is 0 Å². The third kappa shape index (κ3) is 18.0. The molecule has 0 spiro atoms. The fraction of sp³-hybridized carbons (Fsp3) is 1.00. The third-order valence-electron chi connectivity index (χ3n) is 2.10. The Kier molecular flexibility index (Phi) is 9.94. The van der Waals surface area contributed by atoms with Gasteiger partial charge in [-0.3, -0.25) is 4.18 Å². The molecule has 0 aromatic carbocycles. The second kappa shape index (κ2) is 9.93. The Morgan fingerprint density at radius 3 is 1.76 bits per heavy atom. The van der Waals surface area contributed by atoms with Gasteiger partial charge in [-0.05, 0) is 6.42 Å². The Hall–Kier alpha value is 0.0300. The van der Waals surface area contributed by atoms with Gasteiger partial charge in [-0.2, -0.15) is 8.42 Å². The molecule has 0 saturated carbocycles. The van der Waals surface area contributed by atoms with Crippen LogP contribution in [0.15, 0.2) is 0 Å². The minimum absolute atomic E-state index is 0.176. The van der Waals surface area contributed by atoms with E-state index in [1.807, 2.05) is 0 Å². The van der Waals surface area contributed by atoms with Gasteiger partial charge < -0.3 is 14.6 Å². The summed E-state index contributed by atoms with van der Waals surface area (Å²) in [6.07, 6.45) is 3.03. The summed E-state index contributed by atoms with van der Waals surface area (Å²) < 4.78 is 54.2. The summed E-state index contributed by atoms with van der Waals surface area (Å²) in [5, 5.41) is 8.60. The summed E-state index contributed by atoms with van der Waals surface area (Å²) in [7, 11) is -1.98. The lowest BCUT2D eigenvalue weighted by molar-refractivity contribution is 0.127. The summed E-state index contributed by atoms with van der Waals surface area (Å²) >= 11 is 0. The van der Waals surface area contributed by atoms with Crippen LogP contribution in [-0.4, -0.2) is 73.1 Å². The first kappa shape index (κ1) is 21.0. The van der Waals surface area contributed by atoms with Crippen molar-refractivity contribution in [3.8, 4) is 0 Å². The number of halogens is 1. The van der Waals surface area contributed by atoms with Crippen LogP contribution in [0.5, 0.6) is 0 Å². The van der Waals surface area contributed by atoms with E-state index in [2.05, 4.69) is 14.9 Å². The molecule has 0 aromatic heterocycles. The van der Waals surface area contributed by atoms with E-state index in [0.717, 1.165) is 25.5 Å². The molecule has 0 aromatic rings. The van der Waals surface area contributed by atoms with Gasteiger partial charge in [0.2, 0.25) is 9.05 Å². The fourth-order valence-corrected chi connectivity index (χ4v) is 2.00. The standard InChI is InChI=1S/C5H10O4S.C4H8O2.CH3ClO2S/c1-10(6,7)9-5-2-3-8-4-5;5-4-1-2-6-3-4;1-5(2,3)4/h5H,2-4H2,1H3;4-5H,1-3H2;1H3/t5-;4-;/m11./s1. The zero-order valence-corrected chi connectivity index (χ0v) is 14.3. The van der Waals surface area contributed by atoms with Crippen LogP contribution in [0.1, 0.15) is 12.8 Å². The van der Waals surface area contributed by atoms with Gasteiger partial charge in [-0.15, -0.1) is 0 Å². The molecule has 2 aliphatic heterocycles. The van der Waals surface area contributed by atoms with E-state index in [1.54, 1.807) is 0 Å². The number of hydrogen-bond acceptors (Lipinski definition) is 8. The molecular weight excluding hydrogens is 348 g/mol. The fourth-order valence-electron chi connectivity index (χ4n) is 1.36. The van der Waals surface area contributed by atoms with E-state index in [9.17, 15) is 16.8 Å². The van der Waals surface area contributed by atoms with Crippen LogP contribution in [0.4, 0.5) is 0 Å². The van der Waals surface area contributed by atoms with Crippen molar-refractivity contribution >= 4 is 29.9 Å². The van der Waals surface area contributed by atoms with Gasteiger partial charge in [0, 0.05) is 30.3 Å². The van der Waals surface area contributed by atoms with Crippen LogP contribution in [0.25, 0.3) is 0 Å². The Bertz CT molecular complexity index is 455. The van der Waals surface area contributed by atoms with Crippen LogP contribution in [0, 0.1) is 0 Å². The second-order valence-electron chi connectivity index (χ2n) is 4.49. The molecule has 2 aliphatic rings. The van der Waals surface area contributed by atoms with E-state index < -0.39 is 19.2 Å². The zero-order chi connectivity index (χ0) is 16.5. The summed E-state index contributed by atoms with van der Waals surface area (Å²) in [6, 6.07) is 0. The molecular formula is C10H21ClO8S2. The van der Waals surface area contributed by atoms with Crippen molar-refractivity contribution in [1.82, 2.24) is 0 Å². The van der Waals surface area contributed by atoms with Gasteiger partial charge in [0.15, 0.2) is 0 Å². The molecule has 2 saturated heterocycles. The van der Waals surface area contributed by atoms with Crippen molar-refractivity contribution in [3.63, 3.8) is 0 Å². The molecule has 2 atom stereocenters. The van der Waals surface area contributed by atoms with Crippen LogP contribution < -0.4 is 0 Å². The zero-order valence-electron chi connectivity index (χ0n) is 11.9. The number of rotatable bonds is 2. The van der Waals surface area contributed by atoms with Crippen molar-refractivity contribution in [2.45, 2.75) is 25.0 Å². The highest BCUT2D eigenvalue weighted by Gasteiger charge is 2.20. The Morgan fingerprint density at radius 1 is 1.05 bits per heavy atom. The van der Waals surface area contributed by atoms with Gasteiger partial charge in [0.25, 0.3) is 10.1 Å². The lowest BCUT2D eigenvalue weighted by Crippen LogP contribution is -2.16. The minimum atomic E-state index is -3.29. The van der Waals surface area contributed by atoms with Gasteiger partial charge in [0.05, 0.1) is 31.8 Å². The van der Waals surface area contributed by atoms with Crippen molar-refractivity contribution in [2.24, 2.45) is 0 Å². The lowest BCUT2D eigenvalue weighted by Gasteiger charge is -2.04. The lowest BCUT2D eigenvalue weighted by atomic mass is 10.3. The van der Waals surface area contributed by atoms with Crippen LogP contribution in [0.2, 0.25) is 0 Å². The summed E-state index contributed by atoms with van der Waals surface area (Å²) in [5.41, 5.74) is 0. The predicted molar refractivity (Wildman–Crippen MR) is 77.3 cm³/mol. The van der Waals surface area contributed by atoms with E-state index >= 15 is 0 Å². The highest BCUT2D eigenvalue weighted by atomic mass is 35.7. The highest BCUT2D eigenvalue weighted by molar-refractivity contribution is 8.13. The summed E-state index contributed by atoms with van der Waals surface area (Å²) in [4.78, 5) is 0. The summed E-state index contributed by atoms with van der Waals surface area (Å²) in [6.45, 7) is 2.27. The number of ether oxygens (including phenoxy) is 2. The Morgan fingerprint density at radius 2 is 1.52 bits per heavy atom. The predicted octanol–water partition coefficient (Wildman–Crippen LogP) is -0.296. The maximum atomic E-state index is 10.5. The SMILES string of the molecule is CS(=O)(=O)Cl.CS(=O)(=O)O[C@@H]1CCOC1.O[C@@H]1CCOC1. The number of aliphatic hydroxyl groups excluding tert-OH is 1. The molecule has 128 valence electrons. The maximum Gasteiger partial charge on any atom is 0.264 e. The van der Waals surface area contributed by atoms with Gasteiger partial charge >= 0.3 is 0 Å². The minimum Gasteiger partial charge on any atom is -0.391 e. The van der Waals surface area contributed by atoms with Gasteiger partial charge in [-0.25, -0.2) is 8.42 Å². The molecule has 0 unspecified atom stereocenters. The molecule has 0 aliphatic carbocycles. The largest absolute Gasteiger partial charge is 0.391 e. The molecule has 2 fully saturated rings. The van der Waals surface area contributed by atoms with Gasteiger partial charge in [-0.1, -0.05) is 0 Å². The number of aliphatic hydroxyl groups is 1. The molecule has 0 radical (unpaired) electrons. The molecule has 11 heteroatoms. The average molecular weight is 369 g/mol. The third-order valence-corrected chi connectivity index (χ3v) is 2.73. The normalized spacial score (nSPS) is 25.5. The van der Waals surface area contributed by atoms with Crippen molar-refractivity contribution in [3.05, 3.63) is 0 Å². The first-order valence-corrected chi connectivity index (χ1v) is 10.6. The molecule has 0 amide bonds. The smallest absolute Gasteiger partial charge is 0.264 e. The van der Waals surface area contributed by atoms with Gasteiger partial charge in [0.1, 0.15) is 6.10 Å². The Balaban J connectivity index is 0.000000312. The number of hydrogen-bond donors (Lipinski definition) is 1. The molecule has 2 rings (SSSR count). The van der Waals surface area contributed by atoms with E-state index in [0.29, 0.717) is 26.2 Å². The second-order valence-corrected chi connectivity index (χ2v) is 9.13. The van der Waals surface area contributed by atoms with E-state index in [-0.39, 0.29) is 12.2 Å². The average Bonchev–Trinajstić information content (AvgIpc) is 2.87. The van der Waals surface area contributed by atoms with Crippen LogP contribution in [-0.2, 0) is 32.8 Å². The molecule has 8 nitrogen and oxygen atoms in total. The topological polar surface area (TPSA) is 116 Å². The van der Waals surface area contributed by atoms with Crippen molar-refractivity contribution < 1.29 is 35.6 Å².